The first-order chi connectivity index (χ1) is 17.2. The third kappa shape index (κ3) is 5.56. The van der Waals surface area contributed by atoms with Crippen molar-refractivity contribution in [2.24, 2.45) is 22.9 Å². The molecule has 0 spiro atoms. The van der Waals surface area contributed by atoms with Gasteiger partial charge in [0.2, 0.25) is 0 Å². The van der Waals surface area contributed by atoms with E-state index in [4.69, 9.17) is 51.4 Å². The number of fused-ring (bicyclic) bond motifs is 2. The van der Waals surface area contributed by atoms with Crippen LogP contribution in [0.3, 0.4) is 0 Å². The van der Waals surface area contributed by atoms with E-state index in [0.29, 0.717) is 6.42 Å². The highest BCUT2D eigenvalue weighted by Gasteiger charge is 2.53. The molecule has 0 aromatic rings. The van der Waals surface area contributed by atoms with Crippen LogP contribution in [0.2, 0.25) is 0 Å². The Bertz CT molecular complexity index is 701. The molecule has 4 rings (SSSR count). The molecule has 15 heteroatoms. The van der Waals surface area contributed by atoms with Crippen LogP contribution in [-0.4, -0.2) is 144 Å². The van der Waals surface area contributed by atoms with Crippen molar-refractivity contribution < 1.29 is 54.0 Å². The minimum atomic E-state index is -1.41. The number of rotatable bonds is 4. The third-order valence-corrected chi connectivity index (χ3v) is 7.34. The van der Waals surface area contributed by atoms with Gasteiger partial charge in [-0.15, -0.1) is 0 Å². The molecule has 1 saturated carbocycles. The van der Waals surface area contributed by atoms with Gasteiger partial charge in [-0.25, -0.2) is 0 Å². The highest BCUT2D eigenvalue weighted by molar-refractivity contribution is 5.02. The zero-order valence-corrected chi connectivity index (χ0v) is 19.9. The molecule has 15 atom stereocenters. The zero-order chi connectivity index (χ0) is 26.1. The minimum Gasteiger partial charge on any atom is -0.394 e. The fourth-order valence-electron chi connectivity index (χ4n) is 5.23. The van der Waals surface area contributed by atoms with Crippen molar-refractivity contribution in [1.29, 1.82) is 0 Å². The number of ether oxygens (including phenoxy) is 6. The molecule has 0 aromatic heterocycles. The molecule has 1 aliphatic carbocycles. The maximum absolute atomic E-state index is 10.7. The lowest BCUT2D eigenvalue weighted by molar-refractivity contribution is -0.343. The van der Waals surface area contributed by atoms with Crippen LogP contribution in [0.25, 0.3) is 0 Å². The first-order valence-corrected chi connectivity index (χ1v) is 12.3. The van der Waals surface area contributed by atoms with Crippen LogP contribution in [-0.2, 0) is 28.4 Å². The van der Waals surface area contributed by atoms with Crippen molar-refractivity contribution in [2.45, 2.75) is 105 Å². The summed E-state index contributed by atoms with van der Waals surface area (Å²) in [7, 11) is 0. The van der Waals surface area contributed by atoms with Crippen molar-refractivity contribution in [1.82, 2.24) is 0 Å². The first-order valence-electron chi connectivity index (χ1n) is 12.3. The van der Waals surface area contributed by atoms with Gasteiger partial charge in [-0.3, -0.25) is 0 Å². The van der Waals surface area contributed by atoms with Crippen LogP contribution in [0, 0.1) is 0 Å². The second kappa shape index (κ2) is 12.1. The highest BCUT2D eigenvalue weighted by atomic mass is 16.7. The maximum atomic E-state index is 10.7. The normalized spacial score (nSPS) is 52.8. The molecule has 0 radical (unpaired) electrons. The quantitative estimate of drug-likeness (QED) is 0.166. The van der Waals surface area contributed by atoms with Crippen LogP contribution in [0.1, 0.15) is 12.8 Å². The van der Waals surface area contributed by atoms with Crippen molar-refractivity contribution in [3.05, 3.63) is 0 Å². The molecular weight excluding hydrogens is 484 g/mol. The number of aliphatic hydroxyl groups is 5. The van der Waals surface area contributed by atoms with Gasteiger partial charge in [0.1, 0.15) is 61.0 Å². The highest BCUT2D eigenvalue weighted by Crippen LogP contribution is 2.34. The van der Waals surface area contributed by atoms with Crippen molar-refractivity contribution in [3.8, 4) is 0 Å². The number of aliphatic hydroxyl groups excluding tert-OH is 5. The van der Waals surface area contributed by atoms with Crippen molar-refractivity contribution in [3.63, 3.8) is 0 Å². The lowest BCUT2D eigenvalue weighted by Gasteiger charge is -2.50. The van der Waals surface area contributed by atoms with Gasteiger partial charge < -0.3 is 76.9 Å². The van der Waals surface area contributed by atoms with E-state index in [2.05, 4.69) is 0 Å². The molecule has 3 aliphatic heterocycles. The van der Waals surface area contributed by atoms with Crippen LogP contribution in [0.15, 0.2) is 0 Å². The average Bonchev–Trinajstić information content (AvgIpc) is 2.86. The molecule has 0 aromatic carbocycles. The van der Waals surface area contributed by atoms with Gasteiger partial charge in [0.25, 0.3) is 0 Å². The largest absolute Gasteiger partial charge is 0.394 e. The molecule has 36 heavy (non-hydrogen) atoms. The Hall–Kier alpha value is -0.600. The Balaban J connectivity index is 1.57. The molecule has 0 unspecified atom stereocenters. The predicted octanol–water partition coefficient (Wildman–Crippen LogP) is -5.84. The number of hydrogen-bond acceptors (Lipinski definition) is 15. The SMILES string of the molecule is NC[C@H]1O[C@@H]2O[C@H]3[C@H](OCCCO[C@@H]2[C@@H](O)[C@@H]1O)[C@@H](O[C@H]1O[C@H](CO)[C@@H](O)[C@H](N)[C@H]1O)[C@H](N)C[C@@H]3N. The van der Waals surface area contributed by atoms with E-state index in [0.717, 1.165) is 0 Å². The summed E-state index contributed by atoms with van der Waals surface area (Å²) in [5, 5.41) is 51.3. The second-order valence-electron chi connectivity index (χ2n) is 9.83. The minimum absolute atomic E-state index is 0.0624. The molecule has 4 fully saturated rings. The summed E-state index contributed by atoms with van der Waals surface area (Å²) < 4.78 is 35.5. The van der Waals surface area contributed by atoms with Crippen LogP contribution < -0.4 is 22.9 Å². The first kappa shape index (κ1) is 28.4. The molecular formula is C21H40N4O11. The summed E-state index contributed by atoms with van der Waals surface area (Å²) in [6.07, 6.45) is -12.6. The Morgan fingerprint density at radius 1 is 0.750 bits per heavy atom. The Labute approximate surface area is 208 Å². The van der Waals surface area contributed by atoms with E-state index in [1.54, 1.807) is 0 Å². The molecule has 0 amide bonds. The summed E-state index contributed by atoms with van der Waals surface area (Å²) in [5.41, 5.74) is 24.4. The molecule has 4 aliphatic rings. The van der Waals surface area contributed by atoms with Crippen molar-refractivity contribution in [2.75, 3.05) is 26.4 Å². The van der Waals surface area contributed by atoms with Gasteiger partial charge in [0.05, 0.1) is 12.6 Å². The third-order valence-electron chi connectivity index (χ3n) is 7.34. The second-order valence-corrected chi connectivity index (χ2v) is 9.83. The average molecular weight is 525 g/mol. The van der Waals surface area contributed by atoms with Gasteiger partial charge >= 0.3 is 0 Å². The summed E-state index contributed by atoms with van der Waals surface area (Å²) in [6, 6.07) is -2.40. The molecule has 210 valence electrons. The summed E-state index contributed by atoms with van der Waals surface area (Å²) in [6.45, 7) is -0.211. The Morgan fingerprint density at radius 3 is 2.11 bits per heavy atom. The van der Waals surface area contributed by atoms with Gasteiger partial charge in [0.15, 0.2) is 12.6 Å². The van der Waals surface area contributed by atoms with Crippen LogP contribution in [0.5, 0.6) is 0 Å². The number of hydrogen-bond donors (Lipinski definition) is 9. The smallest absolute Gasteiger partial charge is 0.187 e. The molecule has 0 bridgehead atoms. The maximum Gasteiger partial charge on any atom is 0.187 e. The summed E-state index contributed by atoms with van der Waals surface area (Å²) in [4.78, 5) is 0. The standard InChI is InChI=1S/C21H40N4O11/c22-5-9-13(28)15(30)18-21(33-9)36-17-8(24)4-7(23)16(19(17)32-3-1-2-31-18)35-20-14(29)11(25)12(27)10(6-26)34-20/h7-21,26-30H,1-6,22-25H2/t7-,8+,9-,10-,11+,12-,13-,14-,15+,16+,17-,18-,19-,20-,21-/m1/s1. The molecule has 3 heterocycles. The molecule has 13 N–H and O–H groups in total. The van der Waals surface area contributed by atoms with Gasteiger partial charge in [-0.05, 0) is 12.8 Å². The van der Waals surface area contributed by atoms with Crippen LogP contribution in [0.4, 0.5) is 0 Å². The van der Waals surface area contributed by atoms with E-state index in [1.165, 1.54) is 0 Å². The van der Waals surface area contributed by atoms with E-state index >= 15 is 0 Å². The van der Waals surface area contributed by atoms with E-state index in [-0.39, 0.29) is 26.2 Å². The fraction of sp³-hybridized carbons (Fsp3) is 1.00. The summed E-state index contributed by atoms with van der Waals surface area (Å²) in [5.74, 6) is 0. The monoisotopic (exact) mass is 524 g/mol. The van der Waals surface area contributed by atoms with Crippen molar-refractivity contribution >= 4 is 0 Å². The van der Waals surface area contributed by atoms with E-state index < -0.39 is 98.4 Å². The zero-order valence-electron chi connectivity index (χ0n) is 19.9. The van der Waals surface area contributed by atoms with Gasteiger partial charge in [0, 0.05) is 31.8 Å². The van der Waals surface area contributed by atoms with E-state index in [9.17, 15) is 25.5 Å². The fourth-order valence-corrected chi connectivity index (χ4v) is 5.23. The molecule has 3 saturated heterocycles. The Morgan fingerprint density at radius 2 is 1.44 bits per heavy atom. The predicted molar refractivity (Wildman–Crippen MR) is 120 cm³/mol. The Kier molecular flexibility index (Phi) is 9.52. The van der Waals surface area contributed by atoms with Crippen LogP contribution >= 0.6 is 0 Å². The topological polar surface area (TPSA) is 261 Å². The molecule has 15 nitrogen and oxygen atoms in total. The van der Waals surface area contributed by atoms with E-state index in [1.807, 2.05) is 0 Å². The summed E-state index contributed by atoms with van der Waals surface area (Å²) >= 11 is 0. The van der Waals surface area contributed by atoms with Gasteiger partial charge in [-0.2, -0.15) is 0 Å². The lowest BCUT2D eigenvalue weighted by Crippen LogP contribution is -2.69. The van der Waals surface area contributed by atoms with Gasteiger partial charge in [-0.1, -0.05) is 0 Å². The lowest BCUT2D eigenvalue weighted by atomic mass is 9.84. The number of nitrogens with two attached hydrogens (primary N) is 4.